The van der Waals surface area contributed by atoms with Crippen LogP contribution in [0.5, 0.6) is 0 Å². The predicted molar refractivity (Wildman–Crippen MR) is 120 cm³/mol. The van der Waals surface area contributed by atoms with Crippen molar-refractivity contribution in [2.75, 3.05) is 10.8 Å². The Bertz CT molecular complexity index is 1210. The first-order valence-corrected chi connectivity index (χ1v) is 11.4. The zero-order valence-corrected chi connectivity index (χ0v) is 18.8. The molecule has 0 radical (unpaired) electrons. The summed E-state index contributed by atoms with van der Waals surface area (Å²) in [6.45, 7) is 5.17. The van der Waals surface area contributed by atoms with Crippen LogP contribution in [0.15, 0.2) is 71.6 Å². The number of aryl methyl sites for hydroxylation is 2. The number of amides is 1. The van der Waals surface area contributed by atoms with Crippen molar-refractivity contribution in [3.63, 3.8) is 0 Å². The Labute approximate surface area is 186 Å². The number of carbonyl (C=O) groups is 1. The quantitative estimate of drug-likeness (QED) is 0.560. The zero-order valence-electron chi connectivity index (χ0n) is 18.0. The summed E-state index contributed by atoms with van der Waals surface area (Å²) in [5.74, 6) is -1.66. The van der Waals surface area contributed by atoms with Gasteiger partial charge in [-0.3, -0.25) is 9.10 Å². The maximum Gasteiger partial charge on any atom is 0.264 e. The number of benzene rings is 3. The standard InChI is InChI=1S/C24H24F2N2O3S/c1-16-4-5-17(2)23(14-16)18(3)27-24(29)15-28(21-10-6-19(25)7-11-21)32(30,31)22-12-8-20(26)9-13-22/h4-14,18H,15H2,1-3H3,(H,27,29). The number of halogens is 2. The Morgan fingerprint density at radius 3 is 2.09 bits per heavy atom. The summed E-state index contributed by atoms with van der Waals surface area (Å²) >= 11 is 0. The van der Waals surface area contributed by atoms with E-state index in [2.05, 4.69) is 5.32 Å². The fourth-order valence-electron chi connectivity index (χ4n) is 3.38. The Morgan fingerprint density at radius 2 is 1.50 bits per heavy atom. The van der Waals surface area contributed by atoms with Gasteiger partial charge in [0.05, 0.1) is 16.6 Å². The number of sulfonamides is 1. The number of nitrogens with zero attached hydrogens (tertiary/aromatic N) is 1. The molecular weight excluding hydrogens is 434 g/mol. The Kier molecular flexibility index (Phi) is 6.93. The van der Waals surface area contributed by atoms with E-state index in [1.54, 1.807) is 0 Å². The van der Waals surface area contributed by atoms with Gasteiger partial charge in [0.15, 0.2) is 0 Å². The molecule has 0 bridgehead atoms. The largest absolute Gasteiger partial charge is 0.348 e. The highest BCUT2D eigenvalue weighted by atomic mass is 32.2. The number of hydrogen-bond donors (Lipinski definition) is 1. The van der Waals surface area contributed by atoms with Crippen molar-refractivity contribution in [3.8, 4) is 0 Å². The number of rotatable bonds is 7. The number of anilines is 1. The average molecular weight is 459 g/mol. The summed E-state index contributed by atoms with van der Waals surface area (Å²) in [5.41, 5.74) is 3.08. The summed E-state index contributed by atoms with van der Waals surface area (Å²) in [4.78, 5) is 12.7. The van der Waals surface area contributed by atoms with Gasteiger partial charge < -0.3 is 5.32 Å². The summed E-state index contributed by atoms with van der Waals surface area (Å²) in [5, 5.41) is 2.83. The molecule has 0 saturated heterocycles. The molecule has 0 heterocycles. The number of hydrogen-bond acceptors (Lipinski definition) is 3. The second kappa shape index (κ2) is 9.48. The lowest BCUT2D eigenvalue weighted by atomic mass is 10.00. The van der Waals surface area contributed by atoms with Gasteiger partial charge in [0.1, 0.15) is 18.2 Å². The van der Waals surface area contributed by atoms with Gasteiger partial charge >= 0.3 is 0 Å². The first-order valence-electron chi connectivity index (χ1n) is 9.98. The maximum atomic E-state index is 13.4. The molecule has 1 atom stereocenters. The van der Waals surface area contributed by atoms with Gasteiger partial charge in [-0.05, 0) is 80.4 Å². The van der Waals surface area contributed by atoms with Crippen molar-refractivity contribution in [1.29, 1.82) is 0 Å². The van der Waals surface area contributed by atoms with Crippen molar-refractivity contribution >= 4 is 21.6 Å². The average Bonchev–Trinajstić information content (AvgIpc) is 2.74. The van der Waals surface area contributed by atoms with Crippen LogP contribution in [0.25, 0.3) is 0 Å². The van der Waals surface area contributed by atoms with Crippen molar-refractivity contribution in [2.45, 2.75) is 31.7 Å². The van der Waals surface area contributed by atoms with Gasteiger partial charge in [0, 0.05) is 0 Å². The van der Waals surface area contributed by atoms with E-state index in [0.29, 0.717) is 0 Å². The minimum Gasteiger partial charge on any atom is -0.348 e. The SMILES string of the molecule is Cc1ccc(C)c(C(C)NC(=O)CN(c2ccc(F)cc2)S(=O)(=O)c2ccc(F)cc2)c1. The van der Waals surface area contributed by atoms with Crippen LogP contribution in [-0.2, 0) is 14.8 Å². The third-order valence-corrected chi connectivity index (χ3v) is 6.87. The molecule has 0 saturated carbocycles. The molecule has 1 amide bonds. The lowest BCUT2D eigenvalue weighted by Crippen LogP contribution is -2.41. The molecule has 0 spiro atoms. The highest BCUT2D eigenvalue weighted by Gasteiger charge is 2.28. The van der Waals surface area contributed by atoms with Gasteiger partial charge in [-0.15, -0.1) is 0 Å². The second-order valence-corrected chi connectivity index (χ2v) is 9.45. The second-order valence-electron chi connectivity index (χ2n) is 7.59. The number of nitrogens with one attached hydrogen (secondary N) is 1. The number of carbonyl (C=O) groups excluding carboxylic acids is 1. The molecule has 32 heavy (non-hydrogen) atoms. The first-order chi connectivity index (χ1) is 15.1. The molecule has 3 aromatic carbocycles. The molecule has 5 nitrogen and oxygen atoms in total. The van der Waals surface area contributed by atoms with Gasteiger partial charge in [-0.2, -0.15) is 0 Å². The van der Waals surface area contributed by atoms with Crippen LogP contribution < -0.4 is 9.62 Å². The van der Waals surface area contributed by atoms with Crippen LogP contribution in [0.4, 0.5) is 14.5 Å². The van der Waals surface area contributed by atoms with Crippen molar-refractivity contribution in [3.05, 3.63) is 95.1 Å². The van der Waals surface area contributed by atoms with Gasteiger partial charge in [-0.25, -0.2) is 17.2 Å². The van der Waals surface area contributed by atoms with E-state index in [0.717, 1.165) is 57.4 Å². The van der Waals surface area contributed by atoms with Gasteiger partial charge in [0.2, 0.25) is 5.91 Å². The molecule has 0 aromatic heterocycles. The Balaban J connectivity index is 1.90. The highest BCUT2D eigenvalue weighted by Crippen LogP contribution is 2.25. The first kappa shape index (κ1) is 23.4. The topological polar surface area (TPSA) is 66.5 Å². The zero-order chi connectivity index (χ0) is 23.5. The Hall–Kier alpha value is -3.26. The van der Waals surface area contributed by atoms with Gasteiger partial charge in [-0.1, -0.05) is 23.8 Å². The summed E-state index contributed by atoms with van der Waals surface area (Å²) in [7, 11) is -4.21. The van der Waals surface area contributed by atoms with E-state index >= 15 is 0 Å². The summed E-state index contributed by atoms with van der Waals surface area (Å²) in [6.07, 6.45) is 0. The molecule has 3 rings (SSSR count). The summed E-state index contributed by atoms with van der Waals surface area (Å²) in [6, 6.07) is 14.6. The van der Waals surface area contributed by atoms with Crippen molar-refractivity contribution in [2.24, 2.45) is 0 Å². The fraction of sp³-hybridized carbons (Fsp3) is 0.208. The molecule has 0 fully saturated rings. The third kappa shape index (κ3) is 5.31. The van der Waals surface area contributed by atoms with Crippen molar-refractivity contribution in [1.82, 2.24) is 5.32 Å². The monoisotopic (exact) mass is 458 g/mol. The molecule has 1 unspecified atom stereocenters. The molecule has 1 N–H and O–H groups in total. The molecule has 0 aliphatic carbocycles. The van der Waals surface area contributed by atoms with Crippen LogP contribution in [0.1, 0.15) is 29.7 Å². The van der Waals surface area contributed by atoms with Crippen LogP contribution in [0.2, 0.25) is 0 Å². The van der Waals surface area contributed by atoms with E-state index in [1.165, 1.54) is 12.1 Å². The molecule has 8 heteroatoms. The highest BCUT2D eigenvalue weighted by molar-refractivity contribution is 7.92. The minimum atomic E-state index is -4.21. The smallest absolute Gasteiger partial charge is 0.264 e. The lowest BCUT2D eigenvalue weighted by Gasteiger charge is -2.25. The molecular formula is C24H24F2N2O3S. The van der Waals surface area contributed by atoms with Crippen LogP contribution >= 0.6 is 0 Å². The van der Waals surface area contributed by atoms with E-state index in [4.69, 9.17) is 0 Å². The maximum absolute atomic E-state index is 13.4. The van der Waals surface area contributed by atoms with E-state index in [-0.39, 0.29) is 16.6 Å². The van der Waals surface area contributed by atoms with Gasteiger partial charge in [0.25, 0.3) is 10.0 Å². The van der Waals surface area contributed by atoms with Crippen LogP contribution in [-0.4, -0.2) is 20.9 Å². The van der Waals surface area contributed by atoms with E-state index < -0.39 is 34.1 Å². The van der Waals surface area contributed by atoms with E-state index in [9.17, 15) is 22.0 Å². The minimum absolute atomic E-state index is 0.116. The van der Waals surface area contributed by atoms with Crippen molar-refractivity contribution < 1.29 is 22.0 Å². The molecule has 3 aromatic rings. The molecule has 0 aliphatic rings. The molecule has 168 valence electrons. The third-order valence-electron chi connectivity index (χ3n) is 5.08. The molecule has 0 aliphatic heterocycles. The normalized spacial score (nSPS) is 12.3. The van der Waals surface area contributed by atoms with Crippen LogP contribution in [0.3, 0.4) is 0 Å². The Morgan fingerprint density at radius 1 is 0.938 bits per heavy atom. The van der Waals surface area contributed by atoms with E-state index in [1.807, 2.05) is 39.0 Å². The van der Waals surface area contributed by atoms with Crippen LogP contribution in [0, 0.1) is 25.5 Å². The predicted octanol–water partition coefficient (Wildman–Crippen LogP) is 4.65. The summed E-state index contributed by atoms with van der Waals surface area (Å²) < 4.78 is 54.1. The fourth-order valence-corrected chi connectivity index (χ4v) is 4.80. The lowest BCUT2D eigenvalue weighted by molar-refractivity contribution is -0.120.